The van der Waals surface area contributed by atoms with Gasteiger partial charge in [0.25, 0.3) is 5.91 Å². The Balaban J connectivity index is 1.48. The van der Waals surface area contributed by atoms with E-state index in [2.05, 4.69) is 6.92 Å². The number of anilines is 1. The van der Waals surface area contributed by atoms with Crippen molar-refractivity contribution in [3.05, 3.63) is 138 Å². The zero-order valence-electron chi connectivity index (χ0n) is 22.9. The molecular formula is C35H30N4O2. The molecule has 0 N–H and O–H groups in total. The molecule has 0 spiro atoms. The normalized spacial score (nSPS) is 14.0. The Morgan fingerprint density at radius 3 is 2.15 bits per heavy atom. The van der Waals surface area contributed by atoms with Crippen molar-refractivity contribution >= 4 is 23.4 Å². The Bertz CT molecular complexity index is 1710. The number of aromatic nitrogens is 2. The summed E-state index contributed by atoms with van der Waals surface area (Å²) in [5, 5.41) is 11.2. The molecule has 6 heteroatoms. The molecule has 0 atom stereocenters. The van der Waals surface area contributed by atoms with E-state index in [9.17, 15) is 4.79 Å². The third kappa shape index (κ3) is 5.58. The maximum Gasteiger partial charge on any atom is 0.281 e. The number of ether oxygens (including phenoxy) is 1. The number of hydrazone groups is 1. The van der Waals surface area contributed by atoms with Gasteiger partial charge in [0.15, 0.2) is 0 Å². The van der Waals surface area contributed by atoms with Gasteiger partial charge in [0.1, 0.15) is 17.2 Å². The molecule has 0 saturated carbocycles. The fraction of sp³-hybridized carbons (Fsp3) is 0.114. The first-order chi connectivity index (χ1) is 20.2. The van der Waals surface area contributed by atoms with Crippen LogP contribution in [-0.2, 0) is 4.79 Å². The van der Waals surface area contributed by atoms with Gasteiger partial charge in [-0.25, -0.2) is 4.68 Å². The maximum atomic E-state index is 13.9. The van der Waals surface area contributed by atoms with Gasteiger partial charge < -0.3 is 4.74 Å². The van der Waals surface area contributed by atoms with E-state index in [0.717, 1.165) is 46.7 Å². The van der Waals surface area contributed by atoms with Crippen molar-refractivity contribution in [1.82, 2.24) is 9.78 Å². The summed E-state index contributed by atoms with van der Waals surface area (Å²) >= 11 is 0. The highest BCUT2D eigenvalue weighted by Gasteiger charge is 2.32. The van der Waals surface area contributed by atoms with Gasteiger partial charge in [-0.2, -0.15) is 15.2 Å². The van der Waals surface area contributed by atoms with Crippen LogP contribution < -0.4 is 9.75 Å². The van der Waals surface area contributed by atoms with E-state index in [1.165, 1.54) is 5.01 Å². The number of benzene rings is 4. The SMILES string of the molecule is CCCCOc1cccc(-c2nn(-c3ccccc3)cc2C=C2C(=O)N(c3ccccc3)N=C2c2ccccc2)c1. The van der Waals surface area contributed by atoms with Gasteiger partial charge in [-0.15, -0.1) is 0 Å². The fourth-order valence-corrected chi connectivity index (χ4v) is 4.75. The summed E-state index contributed by atoms with van der Waals surface area (Å²) in [5.41, 5.74) is 6.10. The summed E-state index contributed by atoms with van der Waals surface area (Å²) in [6.45, 7) is 2.81. The van der Waals surface area contributed by atoms with Crippen LogP contribution in [0.4, 0.5) is 5.69 Å². The minimum Gasteiger partial charge on any atom is -0.494 e. The first-order valence-electron chi connectivity index (χ1n) is 13.8. The standard InChI is InChI=1S/C35H30N4O2/c1-2-3-22-41-31-21-13-16-27(23-31)33-28(25-38(36-33)29-17-9-5-10-18-29)24-32-34(26-14-7-4-8-15-26)37-39(35(32)40)30-19-11-6-12-20-30/h4-21,23-25H,2-3,22H2,1H3. The van der Waals surface area contributed by atoms with Crippen LogP contribution in [0.15, 0.2) is 132 Å². The number of para-hydroxylation sites is 2. The molecule has 1 aliphatic rings. The highest BCUT2D eigenvalue weighted by atomic mass is 16.5. The summed E-state index contributed by atoms with van der Waals surface area (Å²) in [7, 11) is 0. The summed E-state index contributed by atoms with van der Waals surface area (Å²) < 4.78 is 7.85. The summed E-state index contributed by atoms with van der Waals surface area (Å²) in [6, 6.07) is 37.2. The van der Waals surface area contributed by atoms with Crippen molar-refractivity contribution in [3.8, 4) is 22.7 Å². The Morgan fingerprint density at radius 2 is 1.44 bits per heavy atom. The lowest BCUT2D eigenvalue weighted by Crippen LogP contribution is -2.21. The molecule has 4 aromatic carbocycles. The summed E-state index contributed by atoms with van der Waals surface area (Å²) in [6.07, 6.45) is 5.93. The Labute approximate surface area is 239 Å². The van der Waals surface area contributed by atoms with E-state index in [1.54, 1.807) is 0 Å². The van der Waals surface area contributed by atoms with Crippen molar-refractivity contribution in [2.75, 3.05) is 11.6 Å². The topological polar surface area (TPSA) is 59.7 Å². The molecule has 6 rings (SSSR count). The molecule has 0 aliphatic carbocycles. The van der Waals surface area contributed by atoms with Gasteiger partial charge >= 0.3 is 0 Å². The fourth-order valence-electron chi connectivity index (χ4n) is 4.75. The molecule has 1 amide bonds. The van der Waals surface area contributed by atoms with Crippen molar-refractivity contribution in [3.63, 3.8) is 0 Å². The van der Waals surface area contributed by atoms with Crippen LogP contribution >= 0.6 is 0 Å². The predicted molar refractivity (Wildman–Crippen MR) is 164 cm³/mol. The van der Waals surface area contributed by atoms with Crippen LogP contribution in [0, 0.1) is 0 Å². The minimum atomic E-state index is -0.190. The maximum absolute atomic E-state index is 13.9. The van der Waals surface area contributed by atoms with Crippen LogP contribution in [0.3, 0.4) is 0 Å². The molecule has 1 aromatic heterocycles. The van der Waals surface area contributed by atoms with Gasteiger partial charge in [0, 0.05) is 22.9 Å². The summed E-state index contributed by atoms with van der Waals surface area (Å²) in [5.74, 6) is 0.604. The highest BCUT2D eigenvalue weighted by molar-refractivity contribution is 6.37. The van der Waals surface area contributed by atoms with Crippen molar-refractivity contribution in [2.24, 2.45) is 5.10 Å². The van der Waals surface area contributed by atoms with Crippen molar-refractivity contribution in [2.45, 2.75) is 19.8 Å². The van der Waals surface area contributed by atoms with Crippen LogP contribution in [0.2, 0.25) is 0 Å². The molecule has 0 bridgehead atoms. The molecular weight excluding hydrogens is 508 g/mol. The first kappa shape index (κ1) is 26.0. The number of carbonyl (C=O) groups excluding carboxylic acids is 1. The predicted octanol–water partition coefficient (Wildman–Crippen LogP) is 7.55. The molecule has 0 fully saturated rings. The summed E-state index contributed by atoms with van der Waals surface area (Å²) in [4.78, 5) is 13.9. The minimum absolute atomic E-state index is 0.190. The van der Waals surface area contributed by atoms with Gasteiger partial charge in [0.05, 0.1) is 23.6 Å². The van der Waals surface area contributed by atoms with Crippen LogP contribution in [-0.4, -0.2) is 28.0 Å². The molecule has 2 heterocycles. The number of hydrogen-bond donors (Lipinski definition) is 0. The lowest BCUT2D eigenvalue weighted by molar-refractivity contribution is -0.114. The van der Waals surface area contributed by atoms with E-state index >= 15 is 0 Å². The second-order valence-electron chi connectivity index (χ2n) is 9.77. The second kappa shape index (κ2) is 11.9. The lowest BCUT2D eigenvalue weighted by atomic mass is 9.99. The molecule has 6 nitrogen and oxygen atoms in total. The quantitative estimate of drug-likeness (QED) is 0.144. The molecule has 1 aliphatic heterocycles. The molecule has 41 heavy (non-hydrogen) atoms. The van der Waals surface area contributed by atoms with E-state index in [-0.39, 0.29) is 5.91 Å². The second-order valence-corrected chi connectivity index (χ2v) is 9.77. The van der Waals surface area contributed by atoms with Crippen LogP contribution in [0.1, 0.15) is 30.9 Å². The lowest BCUT2D eigenvalue weighted by Gasteiger charge is -2.11. The average Bonchev–Trinajstić information content (AvgIpc) is 3.60. The van der Waals surface area contributed by atoms with E-state index in [4.69, 9.17) is 14.9 Å². The smallest absolute Gasteiger partial charge is 0.281 e. The van der Waals surface area contributed by atoms with Crippen molar-refractivity contribution in [1.29, 1.82) is 0 Å². The molecule has 0 unspecified atom stereocenters. The van der Waals surface area contributed by atoms with E-state index < -0.39 is 0 Å². The largest absolute Gasteiger partial charge is 0.494 e. The van der Waals surface area contributed by atoms with Crippen LogP contribution in [0.25, 0.3) is 23.0 Å². The first-order valence-corrected chi connectivity index (χ1v) is 13.8. The Kier molecular flexibility index (Phi) is 7.54. The highest BCUT2D eigenvalue weighted by Crippen LogP contribution is 2.32. The molecule has 0 radical (unpaired) electrons. The number of nitrogens with zero attached hydrogens (tertiary/aromatic N) is 4. The molecule has 202 valence electrons. The van der Waals surface area contributed by atoms with Crippen molar-refractivity contribution < 1.29 is 9.53 Å². The monoisotopic (exact) mass is 538 g/mol. The Morgan fingerprint density at radius 1 is 0.780 bits per heavy atom. The number of unbranched alkanes of at least 4 members (excludes halogenated alkanes) is 1. The molecule has 0 saturated heterocycles. The number of hydrogen-bond acceptors (Lipinski definition) is 4. The third-order valence-corrected chi connectivity index (χ3v) is 6.86. The zero-order valence-corrected chi connectivity index (χ0v) is 22.9. The van der Waals surface area contributed by atoms with Gasteiger partial charge in [-0.05, 0) is 48.9 Å². The van der Waals surface area contributed by atoms with Gasteiger partial charge in [0.2, 0.25) is 0 Å². The van der Waals surface area contributed by atoms with E-state index in [1.807, 2.05) is 132 Å². The van der Waals surface area contributed by atoms with E-state index in [0.29, 0.717) is 23.6 Å². The number of rotatable bonds is 9. The number of carbonyl (C=O) groups is 1. The molecule has 5 aromatic rings. The Hall–Kier alpha value is -5.23. The zero-order chi connectivity index (χ0) is 28.0. The van der Waals surface area contributed by atoms with Gasteiger partial charge in [-0.1, -0.05) is 92.2 Å². The number of amides is 1. The van der Waals surface area contributed by atoms with Gasteiger partial charge in [-0.3, -0.25) is 4.79 Å². The average molecular weight is 539 g/mol. The third-order valence-electron chi connectivity index (χ3n) is 6.86. The van der Waals surface area contributed by atoms with Crippen LogP contribution in [0.5, 0.6) is 5.75 Å².